The predicted octanol–water partition coefficient (Wildman–Crippen LogP) is 4.10. The second-order valence-corrected chi connectivity index (χ2v) is 9.16. The second-order valence-electron chi connectivity index (χ2n) is 8.34. The lowest BCUT2D eigenvalue weighted by molar-refractivity contribution is -0.143. The number of nitrogens with zero attached hydrogens (tertiary/aromatic N) is 5. The van der Waals surface area contributed by atoms with Gasteiger partial charge in [-0.1, -0.05) is 22.6 Å². The number of amides is 1. The highest BCUT2D eigenvalue weighted by Crippen LogP contribution is 2.34. The van der Waals surface area contributed by atoms with Gasteiger partial charge in [0.25, 0.3) is 5.19 Å². The quantitative estimate of drug-likeness (QED) is 0.451. The van der Waals surface area contributed by atoms with E-state index < -0.39 is 29.6 Å². The highest BCUT2D eigenvalue weighted by atomic mass is 32.1. The molecule has 0 saturated carbocycles. The van der Waals surface area contributed by atoms with Crippen LogP contribution in [0.2, 0.25) is 0 Å². The molecule has 2 aliphatic heterocycles. The Bertz CT molecular complexity index is 1310. The fourth-order valence-electron chi connectivity index (χ4n) is 3.84. The van der Waals surface area contributed by atoms with E-state index in [0.717, 1.165) is 22.9 Å². The highest BCUT2D eigenvalue weighted by Gasteiger charge is 2.36. The normalized spacial score (nSPS) is 18.1. The van der Waals surface area contributed by atoms with Gasteiger partial charge < -0.3 is 14.5 Å². The summed E-state index contributed by atoms with van der Waals surface area (Å²) >= 11 is 1.19. The minimum Gasteiger partial charge on any atom is -0.463 e. The summed E-state index contributed by atoms with van der Waals surface area (Å²) in [6.45, 7) is 1.64. The lowest BCUT2D eigenvalue weighted by Gasteiger charge is -2.38. The van der Waals surface area contributed by atoms with Crippen molar-refractivity contribution in [2.75, 3.05) is 13.1 Å². The van der Waals surface area contributed by atoms with Crippen molar-refractivity contribution in [2.45, 2.75) is 38.3 Å². The van der Waals surface area contributed by atoms with E-state index in [2.05, 4.69) is 15.2 Å². The molecule has 8 nitrogen and oxygen atoms in total. The number of carbonyl (C=O) groups excluding carboxylic acids is 1. The van der Waals surface area contributed by atoms with Crippen molar-refractivity contribution in [3.8, 4) is 5.19 Å². The van der Waals surface area contributed by atoms with Gasteiger partial charge in [0, 0.05) is 17.5 Å². The summed E-state index contributed by atoms with van der Waals surface area (Å²) in [5, 5.41) is 9.38. The van der Waals surface area contributed by atoms with E-state index >= 15 is 0 Å². The van der Waals surface area contributed by atoms with Crippen molar-refractivity contribution in [1.82, 2.24) is 19.7 Å². The number of hydrogen-bond donors (Lipinski definition) is 0. The maximum atomic E-state index is 14.0. The van der Waals surface area contributed by atoms with Gasteiger partial charge in [0.1, 0.15) is 35.7 Å². The van der Waals surface area contributed by atoms with Gasteiger partial charge in [0.15, 0.2) is 11.8 Å². The Morgan fingerprint density at radius 3 is 2.64 bits per heavy atom. The Morgan fingerprint density at radius 2 is 1.97 bits per heavy atom. The molecule has 1 aromatic carbocycles. The van der Waals surface area contributed by atoms with Crippen LogP contribution in [0, 0.1) is 18.6 Å². The number of thiazole rings is 1. The van der Waals surface area contributed by atoms with Crippen LogP contribution in [-0.4, -0.2) is 50.5 Å². The van der Waals surface area contributed by atoms with E-state index in [1.165, 1.54) is 29.2 Å². The van der Waals surface area contributed by atoms with Gasteiger partial charge in [0.05, 0.1) is 18.7 Å². The average molecular weight is 527 g/mol. The number of hydrogen-bond acceptors (Lipinski definition) is 7. The standard InChI is InChI=1S/C22H18F5N5O3S/c1-11-5-18(22(25,26)27)29-32(11)9-19(33)31-7-12(8-31)34-21-28-16(10-36-21)15-6-17(35-30-15)20-13(23)3-2-4-14(20)24/h2-5,10,12,17H,6-9H2,1H3. The van der Waals surface area contributed by atoms with Gasteiger partial charge in [0.2, 0.25) is 5.91 Å². The minimum absolute atomic E-state index is 0.135. The summed E-state index contributed by atoms with van der Waals surface area (Å²) in [6, 6.07) is 4.46. The molecule has 1 fully saturated rings. The third-order valence-corrected chi connectivity index (χ3v) is 6.52. The third kappa shape index (κ3) is 4.76. The van der Waals surface area contributed by atoms with E-state index in [0.29, 0.717) is 16.6 Å². The summed E-state index contributed by atoms with van der Waals surface area (Å²) < 4.78 is 73.3. The first-order chi connectivity index (χ1) is 17.1. The molecule has 14 heteroatoms. The zero-order chi connectivity index (χ0) is 25.6. The van der Waals surface area contributed by atoms with Crippen molar-refractivity contribution < 1.29 is 36.3 Å². The van der Waals surface area contributed by atoms with Crippen LogP contribution in [0.15, 0.2) is 34.8 Å². The second kappa shape index (κ2) is 9.15. The van der Waals surface area contributed by atoms with Crippen LogP contribution in [0.5, 0.6) is 5.19 Å². The van der Waals surface area contributed by atoms with Crippen molar-refractivity contribution in [1.29, 1.82) is 0 Å². The number of halogens is 5. The molecule has 190 valence electrons. The van der Waals surface area contributed by atoms with E-state index in [-0.39, 0.29) is 49.3 Å². The van der Waals surface area contributed by atoms with Crippen molar-refractivity contribution in [3.05, 3.63) is 63.9 Å². The minimum atomic E-state index is -4.58. The molecule has 36 heavy (non-hydrogen) atoms. The first kappa shape index (κ1) is 24.2. The summed E-state index contributed by atoms with van der Waals surface area (Å²) in [7, 11) is 0. The van der Waals surface area contributed by atoms with Crippen molar-refractivity contribution in [3.63, 3.8) is 0 Å². The van der Waals surface area contributed by atoms with Gasteiger partial charge in [-0.3, -0.25) is 9.48 Å². The Labute approximate surface area is 204 Å². The molecular weight excluding hydrogens is 509 g/mol. The number of aromatic nitrogens is 3. The van der Waals surface area contributed by atoms with Gasteiger partial charge in [-0.05, 0) is 25.1 Å². The number of aryl methyl sites for hydroxylation is 1. The first-order valence-electron chi connectivity index (χ1n) is 10.8. The largest absolute Gasteiger partial charge is 0.463 e. The summed E-state index contributed by atoms with van der Waals surface area (Å²) in [4.78, 5) is 23.4. The van der Waals surface area contributed by atoms with Crippen molar-refractivity contribution in [2.24, 2.45) is 5.16 Å². The monoisotopic (exact) mass is 527 g/mol. The van der Waals surface area contributed by atoms with Gasteiger partial charge >= 0.3 is 6.18 Å². The van der Waals surface area contributed by atoms with Crippen molar-refractivity contribution >= 4 is 23.0 Å². The number of oxime groups is 1. The van der Waals surface area contributed by atoms with Gasteiger partial charge in [-0.2, -0.15) is 18.3 Å². The Kier molecular flexibility index (Phi) is 6.14. The fourth-order valence-corrected chi connectivity index (χ4v) is 4.59. The molecule has 2 aromatic heterocycles. The van der Waals surface area contributed by atoms with Crippen LogP contribution < -0.4 is 4.74 Å². The number of carbonyl (C=O) groups is 1. The molecule has 4 heterocycles. The molecule has 0 spiro atoms. The Balaban J connectivity index is 1.13. The van der Waals surface area contributed by atoms with E-state index in [9.17, 15) is 26.7 Å². The van der Waals surface area contributed by atoms with Crippen LogP contribution in [0.1, 0.15) is 35.2 Å². The van der Waals surface area contributed by atoms with E-state index in [1.54, 1.807) is 5.38 Å². The fraction of sp³-hybridized carbons (Fsp3) is 0.364. The zero-order valence-corrected chi connectivity index (χ0v) is 19.4. The molecular formula is C22H18F5N5O3S. The molecule has 1 unspecified atom stereocenters. The number of likely N-dealkylation sites (tertiary alicyclic amines) is 1. The molecule has 0 radical (unpaired) electrons. The molecule has 3 aromatic rings. The highest BCUT2D eigenvalue weighted by molar-refractivity contribution is 7.11. The summed E-state index contributed by atoms with van der Waals surface area (Å²) in [6.07, 6.45) is -5.68. The van der Waals surface area contributed by atoms with Gasteiger partial charge in [-0.25, -0.2) is 13.8 Å². The molecule has 0 aliphatic carbocycles. The first-order valence-corrected chi connectivity index (χ1v) is 11.6. The summed E-state index contributed by atoms with van der Waals surface area (Å²) in [5.41, 5.74) is -0.122. The molecule has 1 saturated heterocycles. The smallest absolute Gasteiger partial charge is 0.435 e. The molecule has 5 rings (SSSR count). The summed E-state index contributed by atoms with van der Waals surface area (Å²) in [5.74, 6) is -1.81. The molecule has 0 bridgehead atoms. The maximum absolute atomic E-state index is 14.0. The van der Waals surface area contributed by atoms with E-state index in [1.807, 2.05) is 0 Å². The number of alkyl halides is 3. The van der Waals surface area contributed by atoms with Crippen LogP contribution in [0.3, 0.4) is 0 Å². The van der Waals surface area contributed by atoms with Crippen LogP contribution in [0.4, 0.5) is 22.0 Å². The predicted molar refractivity (Wildman–Crippen MR) is 116 cm³/mol. The van der Waals surface area contributed by atoms with Crippen LogP contribution in [-0.2, 0) is 22.4 Å². The van der Waals surface area contributed by atoms with Crippen LogP contribution in [0.25, 0.3) is 0 Å². The van der Waals surface area contributed by atoms with E-state index in [4.69, 9.17) is 9.57 Å². The lowest BCUT2D eigenvalue weighted by atomic mass is 10.0. The SMILES string of the molecule is Cc1cc(C(F)(F)F)nn1CC(=O)N1CC(Oc2nc(C3=NOC(c4c(F)cccc4F)C3)cs2)C1. The molecule has 2 aliphatic rings. The third-order valence-electron chi connectivity index (χ3n) is 5.79. The number of benzene rings is 1. The maximum Gasteiger partial charge on any atom is 0.435 e. The lowest BCUT2D eigenvalue weighted by Crippen LogP contribution is -2.57. The molecule has 1 atom stereocenters. The molecule has 0 N–H and O–H groups in total. The topological polar surface area (TPSA) is 81.8 Å². The Morgan fingerprint density at radius 1 is 1.25 bits per heavy atom. The zero-order valence-electron chi connectivity index (χ0n) is 18.6. The van der Waals surface area contributed by atoms with Gasteiger partial charge in [-0.15, -0.1) is 0 Å². The Hall–Kier alpha value is -3.55. The number of ether oxygens (including phenoxy) is 1. The molecule has 1 amide bonds. The van der Waals surface area contributed by atoms with Crippen LogP contribution >= 0.6 is 11.3 Å². The number of rotatable bonds is 6. The average Bonchev–Trinajstić information content (AvgIpc) is 3.50.